The molecule has 12 heteroatoms. The standard InChI is InChI=1S/C24H14F8N2O2/c25-15-9-14(16(26)18(28)17(15)27)24(36-13-6-2-4-11(34)8-13)22(31)20(30)19(29)21(23(24)32)35-12-5-1-3-10(33)7-12/h1-9,23H,33-34H2. The largest absolute Gasteiger partial charge is 0.471 e. The van der Waals surface area contributed by atoms with Crippen LogP contribution in [0, 0.1) is 23.3 Å². The summed E-state index contributed by atoms with van der Waals surface area (Å²) in [5.41, 5.74) is 5.76. The van der Waals surface area contributed by atoms with Crippen molar-refractivity contribution in [2.75, 3.05) is 11.5 Å². The maximum absolute atomic E-state index is 16.1. The summed E-state index contributed by atoms with van der Waals surface area (Å²) in [5.74, 6) is -18.7. The van der Waals surface area contributed by atoms with Gasteiger partial charge in [0.2, 0.25) is 17.6 Å². The van der Waals surface area contributed by atoms with Crippen LogP contribution in [0.15, 0.2) is 77.8 Å². The summed E-state index contributed by atoms with van der Waals surface area (Å²) in [6, 6.07) is 9.27. The van der Waals surface area contributed by atoms with Gasteiger partial charge in [-0.1, -0.05) is 12.1 Å². The summed E-state index contributed by atoms with van der Waals surface area (Å²) in [4.78, 5) is 0. The summed E-state index contributed by atoms with van der Waals surface area (Å²) >= 11 is 0. The first-order chi connectivity index (χ1) is 17.0. The number of rotatable bonds is 5. The number of allylic oxidation sites excluding steroid dienone is 2. The van der Waals surface area contributed by atoms with E-state index in [1.54, 1.807) is 0 Å². The van der Waals surface area contributed by atoms with E-state index in [1.165, 1.54) is 24.3 Å². The van der Waals surface area contributed by atoms with E-state index in [4.69, 9.17) is 20.9 Å². The van der Waals surface area contributed by atoms with Gasteiger partial charge in [-0.15, -0.1) is 0 Å². The van der Waals surface area contributed by atoms with Crippen molar-refractivity contribution in [2.24, 2.45) is 0 Å². The molecule has 3 aromatic rings. The van der Waals surface area contributed by atoms with E-state index in [9.17, 15) is 26.3 Å². The molecular weight excluding hydrogens is 500 g/mol. The number of hydrogen-bond acceptors (Lipinski definition) is 4. The number of nitrogens with two attached hydrogens (primary N) is 2. The molecular formula is C24H14F8N2O2. The average Bonchev–Trinajstić information content (AvgIpc) is 2.84. The van der Waals surface area contributed by atoms with E-state index in [0.717, 1.165) is 24.3 Å². The molecule has 3 aromatic carbocycles. The number of alkyl halides is 1. The van der Waals surface area contributed by atoms with E-state index in [1.807, 2.05) is 0 Å². The zero-order chi connectivity index (χ0) is 26.4. The maximum atomic E-state index is 16.1. The molecule has 2 atom stereocenters. The van der Waals surface area contributed by atoms with Crippen LogP contribution in [0.2, 0.25) is 0 Å². The van der Waals surface area contributed by atoms with Gasteiger partial charge >= 0.3 is 0 Å². The topological polar surface area (TPSA) is 70.5 Å². The van der Waals surface area contributed by atoms with Crippen LogP contribution < -0.4 is 20.9 Å². The molecule has 188 valence electrons. The molecule has 4 rings (SSSR count). The molecule has 0 saturated carbocycles. The number of anilines is 2. The lowest BCUT2D eigenvalue weighted by atomic mass is 9.82. The van der Waals surface area contributed by atoms with Gasteiger partial charge in [-0.05, 0) is 30.3 Å². The van der Waals surface area contributed by atoms with E-state index >= 15 is 8.78 Å². The third-order valence-corrected chi connectivity index (χ3v) is 5.24. The van der Waals surface area contributed by atoms with Crippen molar-refractivity contribution < 1.29 is 44.6 Å². The van der Waals surface area contributed by atoms with Crippen LogP contribution in [0.3, 0.4) is 0 Å². The molecule has 0 heterocycles. The zero-order valence-electron chi connectivity index (χ0n) is 17.8. The number of benzene rings is 3. The van der Waals surface area contributed by atoms with Crippen LogP contribution in [0.1, 0.15) is 5.56 Å². The highest BCUT2D eigenvalue weighted by Crippen LogP contribution is 2.51. The third kappa shape index (κ3) is 3.97. The Hall–Kier alpha value is -4.22. The molecule has 0 radical (unpaired) electrons. The number of nitrogen functional groups attached to an aromatic ring is 2. The molecule has 0 aliphatic heterocycles. The first-order valence-electron chi connectivity index (χ1n) is 9.98. The molecule has 1 aliphatic rings. The summed E-state index contributed by atoms with van der Waals surface area (Å²) in [7, 11) is 0. The molecule has 1 aliphatic carbocycles. The number of halogens is 8. The Morgan fingerprint density at radius 3 is 1.89 bits per heavy atom. The van der Waals surface area contributed by atoms with Crippen LogP contribution in [0.5, 0.6) is 11.5 Å². The van der Waals surface area contributed by atoms with E-state index in [0.29, 0.717) is 0 Å². The minimum absolute atomic E-state index is 0.0476. The van der Waals surface area contributed by atoms with Gasteiger partial charge in [0.1, 0.15) is 11.5 Å². The fourth-order valence-electron chi connectivity index (χ4n) is 3.59. The molecule has 36 heavy (non-hydrogen) atoms. The molecule has 4 N–H and O–H groups in total. The predicted molar refractivity (Wildman–Crippen MR) is 113 cm³/mol. The molecule has 0 bridgehead atoms. The minimum atomic E-state index is -3.76. The Bertz CT molecular complexity index is 1430. The molecule has 2 unspecified atom stereocenters. The molecule has 4 nitrogen and oxygen atoms in total. The monoisotopic (exact) mass is 514 g/mol. The molecule has 0 saturated heterocycles. The van der Waals surface area contributed by atoms with Gasteiger partial charge in [0.05, 0.1) is 0 Å². The lowest BCUT2D eigenvalue weighted by Gasteiger charge is -2.39. The lowest BCUT2D eigenvalue weighted by Crippen LogP contribution is -2.49. The Balaban J connectivity index is 2.00. The van der Waals surface area contributed by atoms with Crippen molar-refractivity contribution in [2.45, 2.75) is 11.8 Å². The predicted octanol–water partition coefficient (Wildman–Crippen LogP) is 6.44. The maximum Gasteiger partial charge on any atom is 0.229 e. The molecule has 0 spiro atoms. The van der Waals surface area contributed by atoms with E-state index in [-0.39, 0.29) is 23.2 Å². The van der Waals surface area contributed by atoms with Crippen LogP contribution in [-0.2, 0) is 5.60 Å². The van der Waals surface area contributed by atoms with Gasteiger partial charge < -0.3 is 20.9 Å². The second-order valence-corrected chi connectivity index (χ2v) is 7.60. The zero-order valence-corrected chi connectivity index (χ0v) is 17.8. The quantitative estimate of drug-likeness (QED) is 0.178. The van der Waals surface area contributed by atoms with Gasteiger partial charge in [-0.3, -0.25) is 0 Å². The Morgan fingerprint density at radius 1 is 0.694 bits per heavy atom. The first-order valence-corrected chi connectivity index (χ1v) is 9.98. The summed E-state index contributed by atoms with van der Waals surface area (Å²) in [5, 5.41) is 0. The summed E-state index contributed by atoms with van der Waals surface area (Å²) < 4.78 is 128. The Kier molecular flexibility index (Phi) is 6.29. The minimum Gasteiger partial charge on any atom is -0.471 e. The summed E-state index contributed by atoms with van der Waals surface area (Å²) in [6.07, 6.45) is -3.32. The van der Waals surface area contributed by atoms with Gasteiger partial charge in [0.25, 0.3) is 0 Å². The molecule has 0 aromatic heterocycles. The van der Waals surface area contributed by atoms with E-state index in [2.05, 4.69) is 0 Å². The first kappa shape index (κ1) is 24.9. The second-order valence-electron chi connectivity index (χ2n) is 7.60. The van der Waals surface area contributed by atoms with Crippen molar-refractivity contribution in [3.8, 4) is 11.5 Å². The van der Waals surface area contributed by atoms with Gasteiger partial charge in [0.15, 0.2) is 40.7 Å². The Labute approximate surface area is 198 Å². The van der Waals surface area contributed by atoms with Crippen molar-refractivity contribution in [3.63, 3.8) is 0 Å². The third-order valence-electron chi connectivity index (χ3n) is 5.24. The smallest absolute Gasteiger partial charge is 0.229 e. The highest BCUT2D eigenvalue weighted by molar-refractivity contribution is 5.51. The van der Waals surface area contributed by atoms with Crippen LogP contribution in [0.25, 0.3) is 0 Å². The number of ether oxygens (including phenoxy) is 2. The second kappa shape index (κ2) is 9.10. The van der Waals surface area contributed by atoms with Crippen molar-refractivity contribution in [3.05, 3.63) is 107 Å². The lowest BCUT2D eigenvalue weighted by molar-refractivity contribution is -0.0137. The van der Waals surface area contributed by atoms with Crippen LogP contribution in [-0.4, -0.2) is 6.17 Å². The molecule has 0 fully saturated rings. The fraction of sp³-hybridized carbons (Fsp3) is 0.0833. The fourth-order valence-corrected chi connectivity index (χ4v) is 3.59. The van der Waals surface area contributed by atoms with E-state index < -0.39 is 69.6 Å². The number of hydrogen-bond donors (Lipinski definition) is 2. The van der Waals surface area contributed by atoms with Crippen molar-refractivity contribution in [1.82, 2.24) is 0 Å². The Morgan fingerprint density at radius 2 is 1.28 bits per heavy atom. The summed E-state index contributed by atoms with van der Waals surface area (Å²) in [6.45, 7) is 0. The molecule has 0 amide bonds. The van der Waals surface area contributed by atoms with Gasteiger partial charge in [0, 0.05) is 29.1 Å². The van der Waals surface area contributed by atoms with Crippen LogP contribution in [0.4, 0.5) is 46.5 Å². The van der Waals surface area contributed by atoms with Gasteiger partial charge in [-0.25, -0.2) is 30.7 Å². The van der Waals surface area contributed by atoms with Gasteiger partial charge in [-0.2, -0.15) is 4.39 Å². The SMILES string of the molecule is Nc1cccc(OC2=C(F)C(F)=C(F)C(Oc3cccc(N)c3)(c3cc(F)c(F)c(F)c3F)C2F)c1. The van der Waals surface area contributed by atoms with Crippen molar-refractivity contribution in [1.29, 1.82) is 0 Å². The highest BCUT2D eigenvalue weighted by Gasteiger charge is 2.59. The van der Waals surface area contributed by atoms with Crippen molar-refractivity contribution >= 4 is 11.4 Å². The average molecular weight is 514 g/mol. The highest BCUT2D eigenvalue weighted by atomic mass is 19.2. The van der Waals surface area contributed by atoms with Crippen LogP contribution >= 0.6 is 0 Å². The normalized spacial score (nSPS) is 20.1.